The zero-order valence-corrected chi connectivity index (χ0v) is 6.76. The molecule has 2 aromatic rings. The highest BCUT2D eigenvalue weighted by atomic mass is 35.5. The van der Waals surface area contributed by atoms with Gasteiger partial charge in [0.15, 0.2) is 11.5 Å². The lowest BCUT2D eigenvalue weighted by Crippen LogP contribution is -1.73. The minimum Gasteiger partial charge on any atom is -0.504 e. The summed E-state index contributed by atoms with van der Waals surface area (Å²) in [6.45, 7) is 0. The number of H-pyrrole nitrogens is 1. The molecule has 4 heteroatoms. The molecule has 3 nitrogen and oxygen atoms in total. The number of nitrogens with one attached hydrogen (secondary N) is 1. The second kappa shape index (κ2) is 2.32. The molecule has 0 bridgehead atoms. The Labute approximate surface area is 73.2 Å². The maximum Gasteiger partial charge on any atom is 0.177 e. The van der Waals surface area contributed by atoms with Crippen molar-refractivity contribution in [3.8, 4) is 11.5 Å². The molecule has 0 radical (unpaired) electrons. The van der Waals surface area contributed by atoms with Crippen LogP contribution in [0.5, 0.6) is 11.5 Å². The van der Waals surface area contributed by atoms with Crippen LogP contribution in [0.3, 0.4) is 0 Å². The summed E-state index contributed by atoms with van der Waals surface area (Å²) >= 11 is 5.74. The van der Waals surface area contributed by atoms with Crippen molar-refractivity contribution in [1.29, 1.82) is 0 Å². The van der Waals surface area contributed by atoms with Crippen LogP contribution in [0.1, 0.15) is 0 Å². The summed E-state index contributed by atoms with van der Waals surface area (Å²) in [4.78, 5) is 2.87. The predicted molar refractivity (Wildman–Crippen MR) is 46.6 cm³/mol. The van der Waals surface area contributed by atoms with E-state index in [9.17, 15) is 5.11 Å². The number of aromatic nitrogens is 1. The number of hydrogen-bond acceptors (Lipinski definition) is 2. The summed E-state index contributed by atoms with van der Waals surface area (Å²) in [6.07, 6.45) is 1.69. The van der Waals surface area contributed by atoms with Crippen molar-refractivity contribution < 1.29 is 10.2 Å². The third-order valence-corrected chi connectivity index (χ3v) is 2.13. The first kappa shape index (κ1) is 7.31. The van der Waals surface area contributed by atoms with E-state index in [4.69, 9.17) is 16.7 Å². The van der Waals surface area contributed by atoms with E-state index < -0.39 is 0 Å². The van der Waals surface area contributed by atoms with Crippen molar-refractivity contribution in [2.45, 2.75) is 0 Å². The number of phenolic OH excluding ortho intramolecular Hbond substituents is 2. The standard InChI is InChI=1S/C8H6ClNO2/c9-7-4-1-2-10-5(4)3-6(11)8(7)12/h1-3,10-12H. The fourth-order valence-electron chi connectivity index (χ4n) is 1.14. The summed E-state index contributed by atoms with van der Waals surface area (Å²) in [5.74, 6) is -0.487. The van der Waals surface area contributed by atoms with E-state index in [-0.39, 0.29) is 16.5 Å². The largest absolute Gasteiger partial charge is 0.504 e. The van der Waals surface area contributed by atoms with Gasteiger partial charge < -0.3 is 15.2 Å². The van der Waals surface area contributed by atoms with Crippen LogP contribution >= 0.6 is 11.6 Å². The van der Waals surface area contributed by atoms with Gasteiger partial charge in [0.2, 0.25) is 0 Å². The van der Waals surface area contributed by atoms with Crippen LogP contribution < -0.4 is 0 Å². The maximum atomic E-state index is 9.23. The van der Waals surface area contributed by atoms with E-state index >= 15 is 0 Å². The number of benzene rings is 1. The molecule has 0 aliphatic carbocycles. The minimum absolute atomic E-state index is 0.172. The van der Waals surface area contributed by atoms with Crippen molar-refractivity contribution >= 4 is 22.5 Å². The summed E-state index contributed by atoms with van der Waals surface area (Å²) < 4.78 is 0. The average molecular weight is 184 g/mol. The first-order valence-corrected chi connectivity index (χ1v) is 3.75. The lowest BCUT2D eigenvalue weighted by atomic mass is 10.2. The number of fused-ring (bicyclic) bond motifs is 1. The topological polar surface area (TPSA) is 56.2 Å². The molecular formula is C8H6ClNO2. The van der Waals surface area contributed by atoms with Gasteiger partial charge in [0.25, 0.3) is 0 Å². The molecule has 1 aromatic carbocycles. The van der Waals surface area contributed by atoms with Gasteiger partial charge in [-0.25, -0.2) is 0 Å². The second-order valence-corrected chi connectivity index (χ2v) is 2.88. The van der Waals surface area contributed by atoms with Crippen molar-refractivity contribution in [3.05, 3.63) is 23.4 Å². The Kier molecular flexibility index (Phi) is 1.41. The summed E-state index contributed by atoms with van der Waals surface area (Å²) in [5.41, 5.74) is 0.704. The highest BCUT2D eigenvalue weighted by molar-refractivity contribution is 6.37. The minimum atomic E-state index is -0.274. The Morgan fingerprint density at radius 3 is 2.83 bits per heavy atom. The van der Waals surface area contributed by atoms with E-state index in [1.807, 2.05) is 0 Å². The molecule has 0 saturated carbocycles. The first-order valence-electron chi connectivity index (χ1n) is 3.37. The average Bonchev–Trinajstić information content (AvgIpc) is 2.48. The number of aromatic amines is 1. The van der Waals surface area contributed by atoms with Gasteiger partial charge in [-0.15, -0.1) is 0 Å². The Morgan fingerprint density at radius 2 is 2.08 bits per heavy atom. The lowest BCUT2D eigenvalue weighted by Gasteiger charge is -2.00. The number of phenols is 2. The molecule has 2 rings (SSSR count). The van der Waals surface area contributed by atoms with Crippen molar-refractivity contribution in [1.82, 2.24) is 4.98 Å². The fourth-order valence-corrected chi connectivity index (χ4v) is 1.40. The third-order valence-electron chi connectivity index (χ3n) is 1.75. The van der Waals surface area contributed by atoms with Crippen LogP contribution in [0, 0.1) is 0 Å². The van der Waals surface area contributed by atoms with Gasteiger partial charge in [0.05, 0.1) is 10.5 Å². The molecule has 0 spiro atoms. The molecule has 0 atom stereocenters. The first-order chi connectivity index (χ1) is 5.70. The van der Waals surface area contributed by atoms with Gasteiger partial charge in [0, 0.05) is 17.6 Å². The molecule has 1 aromatic heterocycles. The quantitative estimate of drug-likeness (QED) is 0.549. The summed E-state index contributed by atoms with van der Waals surface area (Å²) in [7, 11) is 0. The number of halogens is 1. The molecule has 3 N–H and O–H groups in total. The Morgan fingerprint density at radius 1 is 1.33 bits per heavy atom. The lowest BCUT2D eigenvalue weighted by molar-refractivity contribution is 0.405. The second-order valence-electron chi connectivity index (χ2n) is 2.50. The molecule has 1 heterocycles. The van der Waals surface area contributed by atoms with Gasteiger partial charge in [0.1, 0.15) is 0 Å². The van der Waals surface area contributed by atoms with Crippen LogP contribution in [0.2, 0.25) is 5.02 Å². The number of hydrogen-bond donors (Lipinski definition) is 3. The summed E-state index contributed by atoms with van der Waals surface area (Å²) in [6, 6.07) is 3.16. The highest BCUT2D eigenvalue weighted by Crippen LogP contribution is 2.38. The van der Waals surface area contributed by atoms with Crippen LogP contribution in [0.4, 0.5) is 0 Å². The normalized spacial score (nSPS) is 10.8. The van der Waals surface area contributed by atoms with Gasteiger partial charge in [-0.05, 0) is 6.07 Å². The van der Waals surface area contributed by atoms with Gasteiger partial charge in [-0.3, -0.25) is 0 Å². The van der Waals surface area contributed by atoms with Crippen molar-refractivity contribution in [3.63, 3.8) is 0 Å². The van der Waals surface area contributed by atoms with E-state index in [1.165, 1.54) is 6.07 Å². The van der Waals surface area contributed by atoms with E-state index in [1.54, 1.807) is 12.3 Å². The summed E-state index contributed by atoms with van der Waals surface area (Å²) in [5, 5.41) is 19.3. The zero-order valence-electron chi connectivity index (χ0n) is 6.00. The van der Waals surface area contributed by atoms with Crippen LogP contribution in [0.25, 0.3) is 10.9 Å². The Hall–Kier alpha value is -1.35. The molecular weight excluding hydrogens is 178 g/mol. The molecule has 62 valence electrons. The molecule has 0 amide bonds. The molecule has 0 fully saturated rings. The van der Waals surface area contributed by atoms with Gasteiger partial charge >= 0.3 is 0 Å². The molecule has 0 aliphatic heterocycles. The van der Waals surface area contributed by atoms with Crippen molar-refractivity contribution in [2.24, 2.45) is 0 Å². The van der Waals surface area contributed by atoms with Gasteiger partial charge in [-0.1, -0.05) is 11.6 Å². The van der Waals surface area contributed by atoms with E-state index in [0.29, 0.717) is 10.9 Å². The fraction of sp³-hybridized carbons (Fsp3) is 0. The Balaban J connectivity index is 2.94. The monoisotopic (exact) mass is 183 g/mol. The van der Waals surface area contributed by atoms with Gasteiger partial charge in [-0.2, -0.15) is 0 Å². The molecule has 0 aliphatic rings. The third kappa shape index (κ3) is 0.833. The van der Waals surface area contributed by atoms with Crippen LogP contribution in [-0.4, -0.2) is 15.2 Å². The SMILES string of the molecule is Oc1cc2[nH]ccc2c(Cl)c1O. The maximum absolute atomic E-state index is 9.23. The van der Waals surface area contributed by atoms with E-state index in [2.05, 4.69) is 4.98 Å². The number of aromatic hydroxyl groups is 2. The Bertz CT molecular complexity index is 436. The highest BCUT2D eigenvalue weighted by Gasteiger charge is 2.09. The van der Waals surface area contributed by atoms with E-state index in [0.717, 1.165) is 0 Å². The smallest absolute Gasteiger partial charge is 0.177 e. The number of rotatable bonds is 0. The van der Waals surface area contributed by atoms with Crippen molar-refractivity contribution in [2.75, 3.05) is 0 Å². The molecule has 0 unspecified atom stereocenters. The zero-order chi connectivity index (χ0) is 8.72. The predicted octanol–water partition coefficient (Wildman–Crippen LogP) is 2.23. The molecule has 12 heavy (non-hydrogen) atoms. The van der Waals surface area contributed by atoms with Crippen LogP contribution in [-0.2, 0) is 0 Å². The van der Waals surface area contributed by atoms with Crippen LogP contribution in [0.15, 0.2) is 18.3 Å². The molecule has 0 saturated heterocycles.